The Morgan fingerprint density at radius 3 is 2.93 bits per heavy atom. The number of fused-ring (bicyclic) bond motifs is 1. The summed E-state index contributed by atoms with van der Waals surface area (Å²) in [6, 6.07) is 4.95. The second kappa shape index (κ2) is 7.75. The van der Waals surface area contributed by atoms with E-state index in [4.69, 9.17) is 4.74 Å². The molecule has 1 aromatic carbocycles. The molecule has 8 nitrogen and oxygen atoms in total. The highest BCUT2D eigenvalue weighted by Gasteiger charge is 2.27. The fraction of sp³-hybridized carbons (Fsp3) is 0.350. The number of Topliss-reactive ketones (excluding diaryl/α,β-unsaturated/α-hetero) is 1. The maximum Gasteiger partial charge on any atom is 0.312 e. The maximum absolute atomic E-state index is 12.4. The van der Waals surface area contributed by atoms with Crippen molar-refractivity contribution < 1.29 is 23.9 Å². The van der Waals surface area contributed by atoms with Crippen molar-refractivity contribution in [1.82, 2.24) is 4.98 Å². The van der Waals surface area contributed by atoms with Gasteiger partial charge in [-0.15, -0.1) is 11.3 Å². The summed E-state index contributed by atoms with van der Waals surface area (Å²) >= 11 is 1.31. The van der Waals surface area contributed by atoms with Gasteiger partial charge in [-0.3, -0.25) is 24.1 Å². The zero-order chi connectivity index (χ0) is 20.5. The zero-order valence-electron chi connectivity index (χ0n) is 15.8. The molecule has 2 amide bonds. The van der Waals surface area contributed by atoms with Gasteiger partial charge in [0, 0.05) is 29.6 Å². The van der Waals surface area contributed by atoms with Gasteiger partial charge in [-0.05, 0) is 37.1 Å². The lowest BCUT2D eigenvalue weighted by Gasteiger charge is -2.10. The Kier molecular flexibility index (Phi) is 5.14. The number of hydrogen-bond acceptors (Lipinski definition) is 7. The molecule has 9 heteroatoms. The number of nitrogens with zero attached hydrogens (tertiary/aromatic N) is 2. The predicted molar refractivity (Wildman–Crippen MR) is 106 cm³/mol. The van der Waals surface area contributed by atoms with Crippen LogP contribution in [-0.2, 0) is 25.5 Å². The number of carbonyl (C=O) groups is 4. The number of rotatable bonds is 6. The first-order valence-corrected chi connectivity index (χ1v) is 10.2. The van der Waals surface area contributed by atoms with E-state index in [0.29, 0.717) is 35.0 Å². The van der Waals surface area contributed by atoms with Crippen molar-refractivity contribution >= 4 is 45.7 Å². The average Bonchev–Trinajstić information content (AvgIpc) is 3.40. The van der Waals surface area contributed by atoms with Crippen LogP contribution in [0.25, 0.3) is 0 Å². The summed E-state index contributed by atoms with van der Waals surface area (Å²) in [5, 5.41) is 5.05. The highest BCUT2D eigenvalue weighted by Crippen LogP contribution is 2.32. The van der Waals surface area contributed by atoms with E-state index in [1.54, 1.807) is 35.4 Å². The Labute approximate surface area is 170 Å². The number of carbonyl (C=O) groups excluding carboxylic acids is 4. The van der Waals surface area contributed by atoms with Gasteiger partial charge >= 0.3 is 5.97 Å². The Morgan fingerprint density at radius 1 is 1.34 bits per heavy atom. The molecule has 2 aliphatic heterocycles. The summed E-state index contributed by atoms with van der Waals surface area (Å²) in [7, 11) is 0. The molecule has 2 aromatic rings. The first kappa shape index (κ1) is 19.3. The number of anilines is 2. The lowest BCUT2D eigenvalue weighted by atomic mass is 9.99. The lowest BCUT2D eigenvalue weighted by molar-refractivity contribution is -0.141. The van der Waals surface area contributed by atoms with Crippen molar-refractivity contribution in [3.8, 4) is 0 Å². The van der Waals surface area contributed by atoms with Gasteiger partial charge in [0.2, 0.25) is 11.8 Å². The van der Waals surface area contributed by atoms with Crippen molar-refractivity contribution in [2.24, 2.45) is 0 Å². The normalized spacial score (nSPS) is 18.0. The summed E-state index contributed by atoms with van der Waals surface area (Å²) < 4.78 is 5.10. The third-order valence-corrected chi connectivity index (χ3v) is 5.94. The predicted octanol–water partition coefficient (Wildman–Crippen LogP) is 2.29. The second-order valence-electron chi connectivity index (χ2n) is 7.04. The highest BCUT2D eigenvalue weighted by atomic mass is 32.1. The van der Waals surface area contributed by atoms with Crippen LogP contribution in [0.5, 0.6) is 0 Å². The largest absolute Gasteiger partial charge is 0.457 e. The van der Waals surface area contributed by atoms with Crippen LogP contribution in [0.15, 0.2) is 23.6 Å². The molecule has 1 fully saturated rings. The third-order valence-electron chi connectivity index (χ3n) is 5.02. The van der Waals surface area contributed by atoms with E-state index >= 15 is 0 Å². The van der Waals surface area contributed by atoms with Gasteiger partial charge in [-0.1, -0.05) is 0 Å². The minimum atomic E-state index is -0.561. The van der Waals surface area contributed by atoms with Gasteiger partial charge in [-0.2, -0.15) is 0 Å². The molecular weight excluding hydrogens is 394 g/mol. The Hall–Kier alpha value is -3.07. The van der Waals surface area contributed by atoms with E-state index in [9.17, 15) is 19.2 Å². The van der Waals surface area contributed by atoms with Crippen LogP contribution in [0.1, 0.15) is 47.3 Å². The summed E-state index contributed by atoms with van der Waals surface area (Å²) in [4.78, 5) is 53.9. The Bertz CT molecular complexity index is 1020. The van der Waals surface area contributed by atoms with Gasteiger partial charge in [-0.25, -0.2) is 4.98 Å². The molecule has 3 heterocycles. The molecule has 0 radical (unpaired) electrons. The van der Waals surface area contributed by atoms with Crippen molar-refractivity contribution in [3.63, 3.8) is 0 Å². The van der Waals surface area contributed by atoms with E-state index in [-0.39, 0.29) is 36.5 Å². The number of hydrogen-bond donors (Lipinski definition) is 1. The van der Waals surface area contributed by atoms with Gasteiger partial charge in [0.25, 0.3) is 0 Å². The number of aromatic nitrogens is 1. The van der Waals surface area contributed by atoms with E-state index in [1.165, 1.54) is 11.3 Å². The van der Waals surface area contributed by atoms with E-state index in [0.717, 1.165) is 12.0 Å². The molecule has 0 saturated carbocycles. The van der Waals surface area contributed by atoms with Gasteiger partial charge in [0.05, 0.1) is 18.0 Å². The molecule has 150 valence electrons. The molecule has 0 unspecified atom stereocenters. The molecule has 4 rings (SSSR count). The molecule has 29 heavy (non-hydrogen) atoms. The lowest BCUT2D eigenvalue weighted by Crippen LogP contribution is -2.23. The molecule has 2 aliphatic rings. The molecule has 0 spiro atoms. The number of amides is 2. The fourth-order valence-electron chi connectivity index (χ4n) is 3.37. The van der Waals surface area contributed by atoms with Crippen molar-refractivity contribution in [2.45, 2.75) is 32.1 Å². The Morgan fingerprint density at radius 2 is 2.17 bits per heavy atom. The highest BCUT2D eigenvalue weighted by molar-refractivity contribution is 7.14. The first-order valence-electron chi connectivity index (χ1n) is 9.31. The van der Waals surface area contributed by atoms with Gasteiger partial charge in [0.1, 0.15) is 0 Å². The minimum Gasteiger partial charge on any atom is -0.457 e. The number of ether oxygens (including phenoxy) is 1. The molecule has 1 aromatic heterocycles. The zero-order valence-corrected chi connectivity index (χ0v) is 16.6. The number of benzene rings is 1. The van der Waals surface area contributed by atoms with Crippen molar-refractivity contribution in [1.29, 1.82) is 0 Å². The van der Waals surface area contributed by atoms with Crippen molar-refractivity contribution in [2.75, 3.05) is 23.4 Å². The summed E-state index contributed by atoms with van der Waals surface area (Å²) in [6.45, 7) is 2.04. The van der Waals surface area contributed by atoms with E-state index < -0.39 is 5.97 Å². The SMILES string of the molecule is C[C@@H]1C(=O)Nc2ccc(C(=O)COC(=O)Cc3csc(N4CCCC4=O)n3)cc21. The molecular formula is C20H19N3O5S. The number of nitrogens with one attached hydrogen (secondary N) is 1. The van der Waals surface area contributed by atoms with Crippen LogP contribution >= 0.6 is 11.3 Å². The molecule has 0 bridgehead atoms. The van der Waals surface area contributed by atoms with E-state index in [2.05, 4.69) is 10.3 Å². The van der Waals surface area contributed by atoms with Crippen LogP contribution in [0, 0.1) is 0 Å². The average molecular weight is 413 g/mol. The monoisotopic (exact) mass is 413 g/mol. The third kappa shape index (κ3) is 3.91. The fourth-order valence-corrected chi connectivity index (χ4v) is 4.24. The maximum atomic E-state index is 12.4. The number of thiazole rings is 1. The quantitative estimate of drug-likeness (QED) is 0.575. The van der Waals surface area contributed by atoms with Crippen LogP contribution in [0.4, 0.5) is 10.8 Å². The minimum absolute atomic E-state index is 0.0413. The van der Waals surface area contributed by atoms with Crippen molar-refractivity contribution in [3.05, 3.63) is 40.4 Å². The Balaban J connectivity index is 1.32. The van der Waals surface area contributed by atoms with E-state index in [1.807, 2.05) is 0 Å². The summed E-state index contributed by atoms with van der Waals surface area (Å²) in [5.74, 6) is -1.28. The topological polar surface area (TPSA) is 106 Å². The molecule has 1 N–H and O–H groups in total. The number of ketones is 1. The smallest absolute Gasteiger partial charge is 0.312 e. The molecule has 1 saturated heterocycles. The standard InChI is InChI=1S/C20H19N3O5S/c1-11-14-7-12(4-5-15(14)22-19(11)27)16(24)9-28-18(26)8-13-10-29-20(21-13)23-6-2-3-17(23)25/h4-5,7,10-11H,2-3,6,8-9H2,1H3,(H,22,27)/t11-/m0/s1. The van der Waals surface area contributed by atoms with Crippen LogP contribution in [0.3, 0.4) is 0 Å². The summed E-state index contributed by atoms with van der Waals surface area (Å²) in [6.07, 6.45) is 1.26. The molecule has 0 aliphatic carbocycles. The second-order valence-corrected chi connectivity index (χ2v) is 7.88. The summed E-state index contributed by atoms with van der Waals surface area (Å²) in [5.41, 5.74) is 2.37. The number of esters is 1. The van der Waals surface area contributed by atoms with Crippen LogP contribution < -0.4 is 10.2 Å². The van der Waals surface area contributed by atoms with Crippen LogP contribution in [0.2, 0.25) is 0 Å². The van der Waals surface area contributed by atoms with Crippen LogP contribution in [-0.4, -0.2) is 41.7 Å². The molecule has 1 atom stereocenters. The van der Waals surface area contributed by atoms with Gasteiger partial charge in [0.15, 0.2) is 17.5 Å². The first-order chi connectivity index (χ1) is 13.9. The van der Waals surface area contributed by atoms with Gasteiger partial charge < -0.3 is 10.1 Å².